The number of aromatic amines is 1. The summed E-state index contributed by atoms with van der Waals surface area (Å²) >= 11 is 5.42. The van der Waals surface area contributed by atoms with Gasteiger partial charge in [0.15, 0.2) is 4.77 Å². The van der Waals surface area contributed by atoms with E-state index < -0.39 is 0 Å². The van der Waals surface area contributed by atoms with Gasteiger partial charge in [0.25, 0.3) is 0 Å². The van der Waals surface area contributed by atoms with E-state index in [0.717, 1.165) is 16.6 Å². The Bertz CT molecular complexity index is 866. The van der Waals surface area contributed by atoms with Crippen molar-refractivity contribution in [3.63, 3.8) is 0 Å². The first-order valence-corrected chi connectivity index (χ1v) is 7.31. The monoisotopic (exact) mass is 300 g/mol. The summed E-state index contributed by atoms with van der Waals surface area (Å²) in [6, 6.07) is 10.00. The lowest BCUT2D eigenvalue weighted by Gasteiger charge is -2.09. The second kappa shape index (κ2) is 5.11. The summed E-state index contributed by atoms with van der Waals surface area (Å²) in [6.07, 6.45) is 0. The molecular formula is C17H17FN2S. The fourth-order valence-corrected chi connectivity index (χ4v) is 3.02. The van der Waals surface area contributed by atoms with E-state index in [0.29, 0.717) is 22.4 Å². The average molecular weight is 300 g/mol. The SMILES string of the molecule is Cc1ccc2c(c1)[nH]c(=S)n2Cc1cc(C)c(F)c(C)c1. The molecule has 3 aromatic rings. The first kappa shape index (κ1) is 14.0. The van der Waals surface area contributed by atoms with Crippen LogP contribution in [-0.4, -0.2) is 9.55 Å². The normalized spacial score (nSPS) is 11.2. The molecule has 0 atom stereocenters. The van der Waals surface area contributed by atoms with Crippen molar-refractivity contribution in [2.24, 2.45) is 0 Å². The van der Waals surface area contributed by atoms with Crippen molar-refractivity contribution in [1.29, 1.82) is 0 Å². The van der Waals surface area contributed by atoms with Crippen molar-refractivity contribution in [3.05, 3.63) is 63.2 Å². The van der Waals surface area contributed by atoms with Gasteiger partial charge in [0.05, 0.1) is 17.6 Å². The minimum Gasteiger partial charge on any atom is -0.331 e. The maximum absolute atomic E-state index is 13.7. The van der Waals surface area contributed by atoms with Crippen LogP contribution < -0.4 is 0 Å². The highest BCUT2D eigenvalue weighted by molar-refractivity contribution is 7.71. The predicted octanol–water partition coefficient (Wildman–Crippen LogP) is 4.81. The molecule has 0 radical (unpaired) electrons. The first-order valence-electron chi connectivity index (χ1n) is 6.90. The zero-order valence-corrected chi connectivity index (χ0v) is 13.1. The van der Waals surface area contributed by atoms with Crippen LogP contribution in [0.25, 0.3) is 11.0 Å². The number of H-pyrrole nitrogens is 1. The molecule has 0 fully saturated rings. The largest absolute Gasteiger partial charge is 0.331 e. The van der Waals surface area contributed by atoms with Crippen LogP contribution in [0, 0.1) is 31.4 Å². The number of aryl methyl sites for hydroxylation is 3. The Morgan fingerprint density at radius 3 is 2.43 bits per heavy atom. The Morgan fingerprint density at radius 1 is 1.10 bits per heavy atom. The molecule has 0 aliphatic heterocycles. The molecule has 0 spiro atoms. The van der Waals surface area contributed by atoms with Crippen molar-refractivity contribution >= 4 is 23.3 Å². The molecule has 1 heterocycles. The molecule has 0 saturated heterocycles. The van der Waals surface area contributed by atoms with Gasteiger partial charge in [-0.2, -0.15) is 0 Å². The summed E-state index contributed by atoms with van der Waals surface area (Å²) in [5, 5.41) is 0. The van der Waals surface area contributed by atoms with Crippen molar-refractivity contribution < 1.29 is 4.39 Å². The van der Waals surface area contributed by atoms with Gasteiger partial charge in [-0.3, -0.25) is 0 Å². The molecule has 21 heavy (non-hydrogen) atoms. The van der Waals surface area contributed by atoms with Gasteiger partial charge in [-0.1, -0.05) is 18.2 Å². The molecule has 0 bridgehead atoms. The molecule has 2 nitrogen and oxygen atoms in total. The third kappa shape index (κ3) is 2.51. The molecule has 0 saturated carbocycles. The number of hydrogen-bond donors (Lipinski definition) is 1. The number of rotatable bonds is 2. The van der Waals surface area contributed by atoms with Gasteiger partial charge in [-0.25, -0.2) is 4.39 Å². The molecule has 0 unspecified atom stereocenters. The number of nitrogens with zero attached hydrogens (tertiary/aromatic N) is 1. The number of benzene rings is 2. The summed E-state index contributed by atoms with van der Waals surface area (Å²) in [5.74, 6) is -0.128. The van der Waals surface area contributed by atoms with Gasteiger partial charge in [-0.15, -0.1) is 0 Å². The fraction of sp³-hybridized carbons (Fsp3) is 0.235. The van der Waals surface area contributed by atoms with E-state index in [2.05, 4.69) is 34.7 Å². The van der Waals surface area contributed by atoms with Gasteiger partial charge >= 0.3 is 0 Å². The van der Waals surface area contributed by atoms with Crippen LogP contribution in [0.1, 0.15) is 22.3 Å². The smallest absolute Gasteiger partial charge is 0.178 e. The van der Waals surface area contributed by atoms with Crippen molar-refractivity contribution in [3.8, 4) is 0 Å². The Labute approximate surface area is 128 Å². The molecule has 0 aliphatic carbocycles. The van der Waals surface area contributed by atoms with Crippen LogP contribution in [0.5, 0.6) is 0 Å². The quantitative estimate of drug-likeness (QED) is 0.673. The molecule has 3 rings (SSSR count). The maximum Gasteiger partial charge on any atom is 0.178 e. The lowest BCUT2D eigenvalue weighted by molar-refractivity contribution is 0.607. The second-order valence-electron chi connectivity index (χ2n) is 5.58. The molecule has 1 N–H and O–H groups in total. The Kier molecular flexibility index (Phi) is 3.41. The van der Waals surface area contributed by atoms with Gasteiger partial charge in [0.1, 0.15) is 5.82 Å². The molecule has 108 valence electrons. The van der Waals surface area contributed by atoms with Gasteiger partial charge in [-0.05, 0) is 67.4 Å². The Hall–Kier alpha value is -1.94. The van der Waals surface area contributed by atoms with Crippen LogP contribution in [0.4, 0.5) is 4.39 Å². The molecule has 0 aliphatic rings. The van der Waals surface area contributed by atoms with Crippen LogP contribution in [0.3, 0.4) is 0 Å². The van der Waals surface area contributed by atoms with E-state index in [1.807, 2.05) is 12.1 Å². The van der Waals surface area contributed by atoms with Crippen molar-refractivity contribution in [1.82, 2.24) is 9.55 Å². The summed E-state index contributed by atoms with van der Waals surface area (Å²) < 4.78 is 16.5. The van der Waals surface area contributed by atoms with Crippen LogP contribution >= 0.6 is 12.2 Å². The van der Waals surface area contributed by atoms with Crippen LogP contribution in [-0.2, 0) is 6.54 Å². The third-order valence-electron chi connectivity index (χ3n) is 3.77. The highest BCUT2D eigenvalue weighted by atomic mass is 32.1. The standard InChI is InChI=1S/C17H17FN2S/c1-10-4-5-15-14(6-10)19-17(21)20(15)9-13-7-11(2)16(18)12(3)8-13/h4-8H,9H2,1-3H3,(H,19,21). The third-order valence-corrected chi connectivity index (χ3v) is 4.09. The van der Waals surface area contributed by atoms with Crippen LogP contribution in [0.15, 0.2) is 30.3 Å². The highest BCUT2D eigenvalue weighted by Crippen LogP contribution is 2.20. The number of nitrogens with one attached hydrogen (secondary N) is 1. The average Bonchev–Trinajstić information content (AvgIpc) is 2.71. The second-order valence-corrected chi connectivity index (χ2v) is 5.97. The van der Waals surface area contributed by atoms with E-state index in [-0.39, 0.29) is 5.82 Å². The lowest BCUT2D eigenvalue weighted by atomic mass is 10.1. The van der Waals surface area contributed by atoms with E-state index in [9.17, 15) is 4.39 Å². The molecule has 0 amide bonds. The highest BCUT2D eigenvalue weighted by Gasteiger charge is 2.08. The summed E-state index contributed by atoms with van der Waals surface area (Å²) in [6.45, 7) is 6.29. The number of fused-ring (bicyclic) bond motifs is 1. The Balaban J connectivity index is 2.10. The summed E-state index contributed by atoms with van der Waals surface area (Å²) in [4.78, 5) is 3.23. The maximum atomic E-state index is 13.7. The van der Waals surface area contributed by atoms with Crippen molar-refractivity contribution in [2.75, 3.05) is 0 Å². The summed E-state index contributed by atoms with van der Waals surface area (Å²) in [7, 11) is 0. The van der Waals surface area contributed by atoms with Gasteiger partial charge < -0.3 is 9.55 Å². The molecule has 1 aromatic heterocycles. The zero-order valence-electron chi connectivity index (χ0n) is 12.3. The lowest BCUT2D eigenvalue weighted by Crippen LogP contribution is -2.02. The number of halogens is 1. The predicted molar refractivity (Wildman–Crippen MR) is 86.8 cm³/mol. The summed E-state index contributed by atoms with van der Waals surface area (Å²) in [5.41, 5.74) is 5.71. The first-order chi connectivity index (χ1) is 9.95. The van der Waals surface area contributed by atoms with Crippen molar-refractivity contribution in [2.45, 2.75) is 27.3 Å². The Morgan fingerprint density at radius 2 is 1.76 bits per heavy atom. The van der Waals surface area contributed by atoms with E-state index in [4.69, 9.17) is 12.2 Å². The van der Waals surface area contributed by atoms with E-state index in [1.165, 1.54) is 5.56 Å². The minimum absolute atomic E-state index is 0.128. The number of imidazole rings is 1. The molecular weight excluding hydrogens is 283 g/mol. The molecule has 2 aromatic carbocycles. The number of hydrogen-bond acceptors (Lipinski definition) is 1. The number of aromatic nitrogens is 2. The van der Waals surface area contributed by atoms with Crippen LogP contribution in [0.2, 0.25) is 0 Å². The van der Waals surface area contributed by atoms with Gasteiger partial charge in [0.2, 0.25) is 0 Å². The zero-order chi connectivity index (χ0) is 15.1. The van der Waals surface area contributed by atoms with Gasteiger partial charge in [0, 0.05) is 0 Å². The fourth-order valence-electron chi connectivity index (χ4n) is 2.74. The van der Waals surface area contributed by atoms with E-state index >= 15 is 0 Å². The topological polar surface area (TPSA) is 20.7 Å². The minimum atomic E-state index is -0.128. The van der Waals surface area contributed by atoms with E-state index in [1.54, 1.807) is 13.8 Å². The molecule has 4 heteroatoms.